The minimum absolute atomic E-state index is 0.403. The summed E-state index contributed by atoms with van der Waals surface area (Å²) in [4.78, 5) is 0. The van der Waals surface area contributed by atoms with Gasteiger partial charge in [-0.2, -0.15) is 0 Å². The molecular weight excluding hydrogens is 256 g/mol. The molecule has 3 heteroatoms. The van der Waals surface area contributed by atoms with Crippen molar-refractivity contribution in [1.29, 1.82) is 0 Å². The molecule has 1 nitrogen and oxygen atoms in total. The first-order valence-corrected chi connectivity index (χ1v) is 7.84. The SMILES string of the molecule is CCNC(Cc1ccc(F)c(F)c1)C1CC2CCC1C2. The van der Waals surface area contributed by atoms with E-state index >= 15 is 0 Å². The highest BCUT2D eigenvalue weighted by atomic mass is 19.2. The number of likely N-dealkylation sites (N-methyl/N-ethyl adjacent to an activating group) is 1. The molecule has 0 aromatic heterocycles. The van der Waals surface area contributed by atoms with Crippen LogP contribution in [0.15, 0.2) is 18.2 Å². The largest absolute Gasteiger partial charge is 0.314 e. The molecule has 0 aliphatic heterocycles. The van der Waals surface area contributed by atoms with Gasteiger partial charge in [0, 0.05) is 6.04 Å². The second-order valence-corrected chi connectivity index (χ2v) is 6.46. The predicted octanol–water partition coefficient (Wildman–Crippen LogP) is 3.92. The normalized spacial score (nSPS) is 29.9. The average Bonchev–Trinajstić information content (AvgIpc) is 3.05. The second kappa shape index (κ2) is 5.80. The lowest BCUT2D eigenvalue weighted by Crippen LogP contribution is -2.40. The van der Waals surface area contributed by atoms with Crippen LogP contribution in [0.25, 0.3) is 0 Å². The molecule has 2 bridgehead atoms. The highest BCUT2D eigenvalue weighted by Crippen LogP contribution is 2.49. The van der Waals surface area contributed by atoms with Gasteiger partial charge in [0.1, 0.15) is 0 Å². The van der Waals surface area contributed by atoms with Crippen molar-refractivity contribution in [3.63, 3.8) is 0 Å². The third-order valence-corrected chi connectivity index (χ3v) is 5.22. The van der Waals surface area contributed by atoms with Crippen molar-refractivity contribution in [2.75, 3.05) is 6.54 Å². The summed E-state index contributed by atoms with van der Waals surface area (Å²) in [6, 6.07) is 4.72. The van der Waals surface area contributed by atoms with Crippen molar-refractivity contribution >= 4 is 0 Å². The number of hydrogen-bond acceptors (Lipinski definition) is 1. The standard InChI is InChI=1S/C17H23F2N/c1-2-20-17(14-8-11-3-5-13(14)7-11)10-12-4-6-15(18)16(19)9-12/h4,6,9,11,13-14,17,20H,2-3,5,7-8,10H2,1H3. The lowest BCUT2D eigenvalue weighted by molar-refractivity contribution is 0.249. The van der Waals surface area contributed by atoms with Crippen LogP contribution in [0.3, 0.4) is 0 Å². The van der Waals surface area contributed by atoms with E-state index in [-0.39, 0.29) is 0 Å². The van der Waals surface area contributed by atoms with Gasteiger partial charge in [-0.1, -0.05) is 19.4 Å². The van der Waals surface area contributed by atoms with Gasteiger partial charge in [-0.3, -0.25) is 0 Å². The van der Waals surface area contributed by atoms with Crippen molar-refractivity contribution in [1.82, 2.24) is 5.32 Å². The molecule has 3 rings (SSSR count). The summed E-state index contributed by atoms with van der Waals surface area (Å²) in [6.07, 6.45) is 6.25. The molecule has 4 atom stereocenters. The van der Waals surface area contributed by atoms with Crippen molar-refractivity contribution in [2.45, 2.75) is 45.1 Å². The summed E-state index contributed by atoms with van der Waals surface area (Å²) in [5, 5.41) is 3.58. The molecule has 1 aromatic rings. The number of rotatable bonds is 5. The summed E-state index contributed by atoms with van der Waals surface area (Å²) < 4.78 is 26.4. The maximum absolute atomic E-state index is 13.3. The van der Waals surface area contributed by atoms with Crippen LogP contribution >= 0.6 is 0 Å². The summed E-state index contributed by atoms with van der Waals surface area (Å²) in [7, 11) is 0. The van der Waals surface area contributed by atoms with Gasteiger partial charge in [0.25, 0.3) is 0 Å². The predicted molar refractivity (Wildman–Crippen MR) is 76.5 cm³/mol. The van der Waals surface area contributed by atoms with Gasteiger partial charge >= 0.3 is 0 Å². The van der Waals surface area contributed by atoms with E-state index in [1.165, 1.54) is 37.8 Å². The third-order valence-electron chi connectivity index (χ3n) is 5.22. The van der Waals surface area contributed by atoms with Crippen LogP contribution in [0, 0.1) is 29.4 Å². The Balaban J connectivity index is 1.72. The fourth-order valence-corrected chi connectivity index (χ4v) is 4.34. The summed E-state index contributed by atoms with van der Waals surface area (Å²) in [6.45, 7) is 3.05. The van der Waals surface area contributed by atoms with Gasteiger partial charge < -0.3 is 5.32 Å². The van der Waals surface area contributed by atoms with Gasteiger partial charge in [-0.25, -0.2) is 8.78 Å². The molecule has 0 amide bonds. The molecular formula is C17H23F2N. The minimum Gasteiger partial charge on any atom is -0.314 e. The molecule has 4 unspecified atom stereocenters. The molecule has 20 heavy (non-hydrogen) atoms. The Bertz CT molecular complexity index is 474. The maximum atomic E-state index is 13.3. The molecule has 0 heterocycles. The summed E-state index contributed by atoms with van der Waals surface area (Å²) >= 11 is 0. The molecule has 2 fully saturated rings. The Morgan fingerprint density at radius 3 is 2.65 bits per heavy atom. The van der Waals surface area contributed by atoms with Gasteiger partial charge in [0.2, 0.25) is 0 Å². The number of fused-ring (bicyclic) bond motifs is 2. The Morgan fingerprint density at radius 1 is 1.20 bits per heavy atom. The van der Waals surface area contributed by atoms with Crippen molar-refractivity contribution in [3.8, 4) is 0 Å². The van der Waals surface area contributed by atoms with E-state index < -0.39 is 11.6 Å². The van der Waals surface area contributed by atoms with E-state index in [0.29, 0.717) is 12.0 Å². The average molecular weight is 279 g/mol. The van der Waals surface area contributed by atoms with Crippen molar-refractivity contribution in [3.05, 3.63) is 35.4 Å². The van der Waals surface area contributed by atoms with E-state index in [0.717, 1.165) is 30.4 Å². The highest BCUT2D eigenvalue weighted by Gasteiger charge is 2.42. The fraction of sp³-hybridized carbons (Fsp3) is 0.647. The number of nitrogens with one attached hydrogen (secondary N) is 1. The van der Waals surface area contributed by atoms with Crippen molar-refractivity contribution in [2.24, 2.45) is 17.8 Å². The van der Waals surface area contributed by atoms with Crippen LogP contribution < -0.4 is 5.32 Å². The summed E-state index contributed by atoms with van der Waals surface area (Å²) in [5.41, 5.74) is 0.901. The quantitative estimate of drug-likeness (QED) is 0.861. The van der Waals surface area contributed by atoms with Gasteiger partial charge in [0.15, 0.2) is 11.6 Å². The van der Waals surface area contributed by atoms with E-state index in [4.69, 9.17) is 0 Å². The fourth-order valence-electron chi connectivity index (χ4n) is 4.34. The Kier molecular flexibility index (Phi) is 4.06. The Hall–Kier alpha value is -0.960. The smallest absolute Gasteiger partial charge is 0.159 e. The van der Waals surface area contributed by atoms with Gasteiger partial charge in [0.05, 0.1) is 0 Å². The van der Waals surface area contributed by atoms with E-state index in [1.54, 1.807) is 6.07 Å². The van der Waals surface area contributed by atoms with Gasteiger partial charge in [-0.15, -0.1) is 0 Å². The van der Waals surface area contributed by atoms with Crippen LogP contribution in [0.1, 0.15) is 38.2 Å². The third kappa shape index (κ3) is 2.73. The van der Waals surface area contributed by atoms with Crippen LogP contribution in [-0.4, -0.2) is 12.6 Å². The zero-order chi connectivity index (χ0) is 14.1. The number of halogens is 2. The number of benzene rings is 1. The molecule has 1 N–H and O–H groups in total. The number of hydrogen-bond donors (Lipinski definition) is 1. The van der Waals surface area contributed by atoms with Gasteiger partial charge in [-0.05, 0) is 67.7 Å². The lowest BCUT2D eigenvalue weighted by atomic mass is 9.81. The van der Waals surface area contributed by atoms with E-state index in [2.05, 4.69) is 12.2 Å². The molecule has 0 radical (unpaired) electrons. The maximum Gasteiger partial charge on any atom is 0.159 e. The minimum atomic E-state index is -0.756. The van der Waals surface area contributed by atoms with Crippen LogP contribution in [0.5, 0.6) is 0 Å². The molecule has 1 aromatic carbocycles. The second-order valence-electron chi connectivity index (χ2n) is 6.46. The monoisotopic (exact) mass is 279 g/mol. The zero-order valence-corrected chi connectivity index (χ0v) is 12.0. The molecule has 0 spiro atoms. The highest BCUT2D eigenvalue weighted by molar-refractivity contribution is 5.19. The first-order valence-electron chi connectivity index (χ1n) is 7.84. The molecule has 0 saturated heterocycles. The summed E-state index contributed by atoms with van der Waals surface area (Å²) in [5.74, 6) is 0.978. The Labute approximate surface area is 119 Å². The van der Waals surface area contributed by atoms with E-state index in [9.17, 15) is 8.78 Å². The first kappa shape index (κ1) is 14.0. The topological polar surface area (TPSA) is 12.0 Å². The molecule has 2 aliphatic rings. The molecule has 110 valence electrons. The Morgan fingerprint density at radius 2 is 2.05 bits per heavy atom. The van der Waals surface area contributed by atoms with Crippen molar-refractivity contribution < 1.29 is 8.78 Å². The first-order chi connectivity index (χ1) is 9.67. The van der Waals surface area contributed by atoms with Crippen LogP contribution in [-0.2, 0) is 6.42 Å². The van der Waals surface area contributed by atoms with Crippen LogP contribution in [0.4, 0.5) is 8.78 Å². The zero-order valence-electron chi connectivity index (χ0n) is 12.0. The van der Waals surface area contributed by atoms with E-state index in [1.807, 2.05) is 0 Å². The lowest BCUT2D eigenvalue weighted by Gasteiger charge is -2.31. The molecule has 2 saturated carbocycles. The molecule has 2 aliphatic carbocycles. The van der Waals surface area contributed by atoms with Crippen LogP contribution in [0.2, 0.25) is 0 Å².